The number of nitro benzene ring substituents is 2. The fourth-order valence-electron chi connectivity index (χ4n) is 2.14. The Balaban J connectivity index is 2.31. The molecular formula is C15H13N3O6. The lowest BCUT2D eigenvalue weighted by molar-refractivity contribution is -0.395. The molecule has 0 aliphatic heterocycles. The van der Waals surface area contributed by atoms with Crippen LogP contribution < -0.4 is 10.1 Å². The zero-order chi connectivity index (χ0) is 17.7. The summed E-state index contributed by atoms with van der Waals surface area (Å²) in [6, 6.07) is 10.9. The molecule has 0 heterocycles. The molecule has 9 heteroatoms. The minimum Gasteiger partial charge on any atom is -0.485 e. The van der Waals surface area contributed by atoms with Crippen molar-refractivity contribution in [2.45, 2.75) is 6.42 Å². The van der Waals surface area contributed by atoms with E-state index in [1.807, 2.05) is 0 Å². The number of ether oxygens (including phenoxy) is 1. The Morgan fingerprint density at radius 3 is 2.08 bits per heavy atom. The largest absolute Gasteiger partial charge is 0.485 e. The highest BCUT2D eigenvalue weighted by Crippen LogP contribution is 2.39. The molecule has 1 N–H and O–H groups in total. The minimum absolute atomic E-state index is 0.0362. The molecule has 0 aromatic heterocycles. The lowest BCUT2D eigenvalue weighted by Crippen LogP contribution is -2.15. The van der Waals surface area contributed by atoms with Crippen molar-refractivity contribution in [2.75, 3.05) is 12.4 Å². The van der Waals surface area contributed by atoms with Crippen LogP contribution in [0.3, 0.4) is 0 Å². The maximum absolute atomic E-state index is 12.0. The third kappa shape index (κ3) is 3.83. The van der Waals surface area contributed by atoms with Crippen LogP contribution in [-0.2, 0) is 11.2 Å². The number of benzene rings is 2. The second-order valence-corrected chi connectivity index (χ2v) is 4.77. The van der Waals surface area contributed by atoms with E-state index in [1.165, 1.54) is 0 Å². The SMILES string of the molecule is COc1c([N+](=O)[O-])cc(NC(=O)Cc2ccccc2)cc1[N+](=O)[O-]. The van der Waals surface area contributed by atoms with Gasteiger partial charge >= 0.3 is 11.4 Å². The van der Waals surface area contributed by atoms with E-state index in [2.05, 4.69) is 5.32 Å². The number of nitro groups is 2. The molecule has 0 aliphatic rings. The van der Waals surface area contributed by atoms with Crippen LogP contribution in [0, 0.1) is 20.2 Å². The van der Waals surface area contributed by atoms with Gasteiger partial charge in [0.2, 0.25) is 5.91 Å². The van der Waals surface area contributed by atoms with Crippen LogP contribution in [0.15, 0.2) is 42.5 Å². The van der Waals surface area contributed by atoms with E-state index in [0.717, 1.165) is 24.8 Å². The summed E-state index contributed by atoms with van der Waals surface area (Å²) < 4.78 is 4.76. The normalized spacial score (nSPS) is 10.0. The first-order chi connectivity index (χ1) is 11.4. The highest BCUT2D eigenvalue weighted by atomic mass is 16.6. The van der Waals surface area contributed by atoms with Crippen LogP contribution in [0.4, 0.5) is 17.1 Å². The summed E-state index contributed by atoms with van der Waals surface area (Å²) in [5.41, 5.74) is -0.494. The van der Waals surface area contributed by atoms with Gasteiger partial charge in [0.1, 0.15) is 0 Å². The Kier molecular flexibility index (Phi) is 5.05. The second kappa shape index (κ2) is 7.18. The van der Waals surface area contributed by atoms with E-state index in [-0.39, 0.29) is 12.1 Å². The molecule has 0 radical (unpaired) electrons. The van der Waals surface area contributed by atoms with Crippen molar-refractivity contribution in [3.05, 3.63) is 68.3 Å². The van der Waals surface area contributed by atoms with Gasteiger partial charge in [0.15, 0.2) is 0 Å². The second-order valence-electron chi connectivity index (χ2n) is 4.77. The molecule has 2 rings (SSSR count). The smallest absolute Gasteiger partial charge is 0.320 e. The number of rotatable bonds is 6. The summed E-state index contributed by atoms with van der Waals surface area (Å²) in [4.78, 5) is 32.6. The molecule has 124 valence electrons. The van der Waals surface area contributed by atoms with Crippen LogP contribution in [0.1, 0.15) is 5.56 Å². The van der Waals surface area contributed by atoms with Gasteiger partial charge in [-0.05, 0) is 5.56 Å². The van der Waals surface area contributed by atoms with E-state index in [4.69, 9.17) is 4.74 Å². The van der Waals surface area contributed by atoms with Crippen molar-refractivity contribution in [3.63, 3.8) is 0 Å². The standard InChI is InChI=1S/C15H13N3O6/c1-24-15-12(17(20)21)8-11(9-13(15)18(22)23)16-14(19)7-10-5-3-2-4-6-10/h2-6,8-9H,7H2,1H3,(H,16,19). The Morgan fingerprint density at radius 2 is 1.62 bits per heavy atom. The molecule has 0 fully saturated rings. The number of carbonyl (C=O) groups is 1. The van der Waals surface area contributed by atoms with E-state index in [0.29, 0.717) is 0 Å². The Hall–Kier alpha value is -3.49. The van der Waals surface area contributed by atoms with E-state index in [1.54, 1.807) is 30.3 Å². The molecule has 0 atom stereocenters. The highest BCUT2D eigenvalue weighted by Gasteiger charge is 2.28. The first-order valence-electron chi connectivity index (χ1n) is 6.77. The summed E-state index contributed by atoms with van der Waals surface area (Å²) in [5, 5.41) is 24.6. The Labute approximate surface area is 136 Å². The highest BCUT2D eigenvalue weighted by molar-refractivity contribution is 5.93. The van der Waals surface area contributed by atoms with Gasteiger partial charge in [0, 0.05) is 12.1 Å². The van der Waals surface area contributed by atoms with Crippen LogP contribution in [-0.4, -0.2) is 22.9 Å². The number of methoxy groups -OCH3 is 1. The molecule has 2 aromatic rings. The molecule has 2 aromatic carbocycles. The Morgan fingerprint density at radius 1 is 1.08 bits per heavy atom. The molecule has 0 bridgehead atoms. The molecule has 1 amide bonds. The fourth-order valence-corrected chi connectivity index (χ4v) is 2.14. The Bertz CT molecular complexity index is 756. The molecule has 24 heavy (non-hydrogen) atoms. The van der Waals surface area contributed by atoms with Gasteiger partial charge < -0.3 is 10.1 Å². The summed E-state index contributed by atoms with van der Waals surface area (Å²) in [6.45, 7) is 0. The first-order valence-corrected chi connectivity index (χ1v) is 6.77. The summed E-state index contributed by atoms with van der Waals surface area (Å²) >= 11 is 0. The molecule has 0 unspecified atom stereocenters. The number of nitrogens with zero attached hydrogens (tertiary/aromatic N) is 2. The molecule has 0 aliphatic carbocycles. The number of amides is 1. The van der Waals surface area contributed by atoms with E-state index in [9.17, 15) is 25.0 Å². The van der Waals surface area contributed by atoms with Gasteiger partial charge in [-0.2, -0.15) is 0 Å². The number of nitrogens with one attached hydrogen (secondary N) is 1. The topological polar surface area (TPSA) is 125 Å². The lowest BCUT2D eigenvalue weighted by Gasteiger charge is -2.08. The molecule has 0 saturated carbocycles. The predicted octanol–water partition coefficient (Wildman–Crippen LogP) is 2.69. The predicted molar refractivity (Wildman–Crippen MR) is 85.1 cm³/mol. The van der Waals surface area contributed by atoms with Gasteiger partial charge in [-0.3, -0.25) is 25.0 Å². The number of anilines is 1. The zero-order valence-electron chi connectivity index (χ0n) is 12.6. The molecular weight excluding hydrogens is 318 g/mol. The quantitative estimate of drug-likeness (QED) is 0.641. The van der Waals surface area contributed by atoms with Gasteiger partial charge in [-0.15, -0.1) is 0 Å². The van der Waals surface area contributed by atoms with Gasteiger partial charge in [-0.25, -0.2) is 0 Å². The number of hydrogen-bond donors (Lipinski definition) is 1. The third-order valence-electron chi connectivity index (χ3n) is 3.14. The monoisotopic (exact) mass is 331 g/mol. The third-order valence-corrected chi connectivity index (χ3v) is 3.14. The van der Waals surface area contributed by atoms with Crippen LogP contribution in [0.5, 0.6) is 5.75 Å². The van der Waals surface area contributed by atoms with Crippen molar-refractivity contribution in [1.82, 2.24) is 0 Å². The van der Waals surface area contributed by atoms with Gasteiger partial charge in [0.05, 0.1) is 29.1 Å². The molecule has 0 saturated heterocycles. The maximum Gasteiger partial charge on any atom is 0.320 e. The van der Waals surface area contributed by atoms with Crippen LogP contribution >= 0.6 is 0 Å². The van der Waals surface area contributed by atoms with Gasteiger partial charge in [0.25, 0.3) is 5.75 Å². The first kappa shape index (κ1) is 16.9. The van der Waals surface area contributed by atoms with Crippen molar-refractivity contribution in [1.29, 1.82) is 0 Å². The minimum atomic E-state index is -0.807. The van der Waals surface area contributed by atoms with E-state index < -0.39 is 32.9 Å². The van der Waals surface area contributed by atoms with E-state index >= 15 is 0 Å². The zero-order valence-corrected chi connectivity index (χ0v) is 12.6. The van der Waals surface area contributed by atoms with Crippen molar-refractivity contribution in [3.8, 4) is 5.75 Å². The van der Waals surface area contributed by atoms with Crippen molar-refractivity contribution >= 4 is 23.0 Å². The summed E-state index contributed by atoms with van der Waals surface area (Å²) in [7, 11) is 1.10. The van der Waals surface area contributed by atoms with Gasteiger partial charge in [-0.1, -0.05) is 30.3 Å². The average Bonchev–Trinajstić information content (AvgIpc) is 2.54. The molecule has 0 spiro atoms. The average molecular weight is 331 g/mol. The van der Waals surface area contributed by atoms with Crippen molar-refractivity contribution in [2.24, 2.45) is 0 Å². The lowest BCUT2D eigenvalue weighted by atomic mass is 10.1. The number of carbonyl (C=O) groups excluding carboxylic acids is 1. The van der Waals surface area contributed by atoms with Crippen LogP contribution in [0.25, 0.3) is 0 Å². The van der Waals surface area contributed by atoms with Crippen LogP contribution in [0.2, 0.25) is 0 Å². The summed E-state index contributed by atoms with van der Waals surface area (Å²) in [6.07, 6.45) is 0.0362. The fraction of sp³-hybridized carbons (Fsp3) is 0.133. The summed E-state index contributed by atoms with van der Waals surface area (Å²) in [5.74, 6) is -0.916. The molecule has 9 nitrogen and oxygen atoms in total. The van der Waals surface area contributed by atoms with Crippen molar-refractivity contribution < 1.29 is 19.4 Å². The maximum atomic E-state index is 12.0. The number of hydrogen-bond acceptors (Lipinski definition) is 6.